The monoisotopic (exact) mass is 651 g/mol. The molecular formula is C38H39BrClN3. The molecule has 0 fully saturated rings. The van der Waals surface area contributed by atoms with Crippen molar-refractivity contribution in [2.45, 2.75) is 59.3 Å². The maximum Gasteiger partial charge on any atom is 0.140 e. The number of benzene rings is 4. The molecule has 5 aromatic rings. The van der Waals surface area contributed by atoms with Crippen molar-refractivity contribution in [2.75, 3.05) is 9.80 Å². The first kappa shape index (κ1) is 30.8. The van der Waals surface area contributed by atoms with Crippen molar-refractivity contribution in [1.29, 1.82) is 0 Å². The average molecular weight is 653 g/mol. The van der Waals surface area contributed by atoms with Crippen molar-refractivity contribution in [1.82, 2.24) is 4.98 Å². The van der Waals surface area contributed by atoms with Crippen LogP contribution in [0.4, 0.5) is 34.4 Å². The molecule has 3 nitrogen and oxygen atoms in total. The van der Waals surface area contributed by atoms with Crippen molar-refractivity contribution in [2.24, 2.45) is 0 Å². The van der Waals surface area contributed by atoms with E-state index in [-0.39, 0.29) is 10.8 Å². The standard InChI is InChI=1S/C38H39BrClN3/c1-26-24-32(39)36(40)33(25-26)43(29-12-9-8-10-13-29)35-15-11-14-34(41-35)42(30-20-16-27(17-21-30)37(2,3)4)31-22-18-28(19-23-31)38(5,6)7/h8-25H,1-7H3. The molecule has 1 aromatic heterocycles. The summed E-state index contributed by atoms with van der Waals surface area (Å²) in [5.74, 6) is 1.58. The maximum atomic E-state index is 6.93. The third kappa shape index (κ3) is 6.82. The van der Waals surface area contributed by atoms with Gasteiger partial charge in [0.05, 0.1) is 10.7 Å². The molecule has 0 unspecified atom stereocenters. The quantitative estimate of drug-likeness (QED) is 0.182. The summed E-state index contributed by atoms with van der Waals surface area (Å²) in [7, 11) is 0. The molecule has 0 aliphatic carbocycles. The Kier molecular flexibility index (Phi) is 8.74. The van der Waals surface area contributed by atoms with Gasteiger partial charge >= 0.3 is 0 Å². The normalized spacial score (nSPS) is 11.8. The lowest BCUT2D eigenvalue weighted by Crippen LogP contribution is -2.17. The molecule has 0 aliphatic rings. The number of hydrogen-bond acceptors (Lipinski definition) is 3. The summed E-state index contributed by atoms with van der Waals surface area (Å²) in [6.45, 7) is 15.5. The van der Waals surface area contributed by atoms with E-state index in [1.165, 1.54) is 11.1 Å². The van der Waals surface area contributed by atoms with Crippen LogP contribution < -0.4 is 9.80 Å². The lowest BCUT2D eigenvalue weighted by atomic mass is 9.87. The van der Waals surface area contributed by atoms with E-state index in [9.17, 15) is 0 Å². The van der Waals surface area contributed by atoms with Crippen LogP contribution in [-0.4, -0.2) is 4.98 Å². The van der Waals surface area contributed by atoms with E-state index < -0.39 is 0 Å². The highest BCUT2D eigenvalue weighted by molar-refractivity contribution is 9.10. The Hall–Kier alpha value is -3.60. The minimum atomic E-state index is 0.0629. The topological polar surface area (TPSA) is 19.4 Å². The van der Waals surface area contributed by atoms with Gasteiger partial charge in [-0.3, -0.25) is 9.80 Å². The van der Waals surface area contributed by atoms with Gasteiger partial charge in [0.25, 0.3) is 0 Å². The first-order valence-electron chi connectivity index (χ1n) is 14.6. The van der Waals surface area contributed by atoms with Gasteiger partial charge in [-0.1, -0.05) is 102 Å². The number of anilines is 6. The molecule has 43 heavy (non-hydrogen) atoms. The Morgan fingerprint density at radius 2 is 1.05 bits per heavy atom. The van der Waals surface area contributed by atoms with E-state index in [2.05, 4.69) is 153 Å². The van der Waals surface area contributed by atoms with Gasteiger partial charge in [-0.05, 0) is 111 Å². The van der Waals surface area contributed by atoms with Crippen molar-refractivity contribution in [3.05, 3.63) is 135 Å². The van der Waals surface area contributed by atoms with Gasteiger partial charge in [-0.15, -0.1) is 0 Å². The molecule has 0 spiro atoms. The van der Waals surface area contributed by atoms with E-state index in [0.29, 0.717) is 5.02 Å². The second-order valence-electron chi connectivity index (χ2n) is 13.0. The highest BCUT2D eigenvalue weighted by Gasteiger charge is 2.22. The molecule has 0 saturated carbocycles. The zero-order valence-electron chi connectivity index (χ0n) is 26.0. The zero-order chi connectivity index (χ0) is 30.9. The third-order valence-electron chi connectivity index (χ3n) is 7.57. The van der Waals surface area contributed by atoms with E-state index in [0.717, 1.165) is 44.4 Å². The van der Waals surface area contributed by atoms with Crippen LogP contribution in [0.3, 0.4) is 0 Å². The first-order valence-corrected chi connectivity index (χ1v) is 15.8. The van der Waals surface area contributed by atoms with Gasteiger partial charge < -0.3 is 0 Å². The minimum absolute atomic E-state index is 0.0629. The third-order valence-corrected chi connectivity index (χ3v) is 8.82. The molecule has 220 valence electrons. The van der Waals surface area contributed by atoms with Gasteiger partial charge in [-0.25, -0.2) is 4.98 Å². The number of halogens is 2. The maximum absolute atomic E-state index is 6.93. The fourth-order valence-electron chi connectivity index (χ4n) is 5.14. The summed E-state index contributed by atoms with van der Waals surface area (Å²) in [5, 5.41) is 0.633. The highest BCUT2D eigenvalue weighted by Crippen LogP contribution is 2.43. The van der Waals surface area contributed by atoms with E-state index >= 15 is 0 Å². The molecule has 0 saturated heterocycles. The minimum Gasteiger partial charge on any atom is -0.295 e. The van der Waals surface area contributed by atoms with Crippen molar-refractivity contribution in [3.8, 4) is 0 Å². The van der Waals surface area contributed by atoms with Crippen LogP contribution in [0.25, 0.3) is 0 Å². The van der Waals surface area contributed by atoms with Crippen LogP contribution >= 0.6 is 27.5 Å². The molecule has 1 heterocycles. The molecule has 5 heteroatoms. The number of para-hydroxylation sites is 1. The second-order valence-corrected chi connectivity index (χ2v) is 14.3. The Bertz CT molecular complexity index is 1640. The van der Waals surface area contributed by atoms with Gasteiger partial charge in [0.2, 0.25) is 0 Å². The van der Waals surface area contributed by atoms with Crippen LogP contribution in [0.1, 0.15) is 58.2 Å². The lowest BCUT2D eigenvalue weighted by Gasteiger charge is -2.30. The van der Waals surface area contributed by atoms with Crippen LogP contribution in [-0.2, 0) is 10.8 Å². The van der Waals surface area contributed by atoms with Gasteiger partial charge in [0.15, 0.2) is 0 Å². The van der Waals surface area contributed by atoms with Crippen LogP contribution in [0, 0.1) is 6.92 Å². The number of hydrogen-bond donors (Lipinski definition) is 0. The predicted octanol–water partition coefficient (Wildman–Crippen LogP) is 12.3. The largest absolute Gasteiger partial charge is 0.295 e. The fraction of sp³-hybridized carbons (Fsp3) is 0.237. The molecular weight excluding hydrogens is 614 g/mol. The molecule has 0 atom stereocenters. The van der Waals surface area contributed by atoms with Crippen molar-refractivity contribution in [3.63, 3.8) is 0 Å². The molecule has 4 aromatic carbocycles. The Morgan fingerprint density at radius 1 is 0.581 bits per heavy atom. The Balaban J connectivity index is 1.69. The van der Waals surface area contributed by atoms with Gasteiger partial charge in [0.1, 0.15) is 11.6 Å². The Morgan fingerprint density at radius 3 is 1.53 bits per heavy atom. The molecule has 0 N–H and O–H groups in total. The number of aryl methyl sites for hydroxylation is 1. The smallest absolute Gasteiger partial charge is 0.140 e. The molecule has 0 amide bonds. The SMILES string of the molecule is Cc1cc(Br)c(Cl)c(N(c2ccccc2)c2cccc(N(c3ccc(C(C)(C)C)cc3)c3ccc(C(C)(C)C)cc3)n2)c1. The second kappa shape index (κ2) is 12.2. The summed E-state index contributed by atoms with van der Waals surface area (Å²) in [4.78, 5) is 9.64. The number of aromatic nitrogens is 1. The van der Waals surface area contributed by atoms with E-state index in [4.69, 9.17) is 16.6 Å². The van der Waals surface area contributed by atoms with Gasteiger partial charge in [-0.2, -0.15) is 0 Å². The first-order chi connectivity index (χ1) is 20.3. The summed E-state index contributed by atoms with van der Waals surface area (Å²) >= 11 is 10.6. The van der Waals surface area contributed by atoms with Crippen LogP contribution in [0.15, 0.2) is 114 Å². The Labute approximate surface area is 270 Å². The summed E-state index contributed by atoms with van der Waals surface area (Å²) in [5.41, 5.74) is 7.73. The average Bonchev–Trinajstić information content (AvgIpc) is 2.96. The summed E-state index contributed by atoms with van der Waals surface area (Å²) in [6.07, 6.45) is 0. The van der Waals surface area contributed by atoms with Crippen molar-refractivity contribution >= 4 is 61.9 Å². The van der Waals surface area contributed by atoms with Crippen LogP contribution in [0.5, 0.6) is 0 Å². The molecule has 0 aliphatic heterocycles. The molecule has 0 radical (unpaired) electrons. The number of nitrogens with zero attached hydrogens (tertiary/aromatic N) is 3. The van der Waals surface area contributed by atoms with Gasteiger partial charge in [0, 0.05) is 21.5 Å². The highest BCUT2D eigenvalue weighted by atomic mass is 79.9. The van der Waals surface area contributed by atoms with E-state index in [1.54, 1.807) is 0 Å². The van der Waals surface area contributed by atoms with Crippen LogP contribution in [0.2, 0.25) is 5.02 Å². The number of rotatable bonds is 6. The summed E-state index contributed by atoms with van der Waals surface area (Å²) < 4.78 is 0.848. The fourth-order valence-corrected chi connectivity index (χ4v) is 5.89. The zero-order valence-corrected chi connectivity index (χ0v) is 28.3. The van der Waals surface area contributed by atoms with E-state index in [1.807, 2.05) is 30.3 Å². The predicted molar refractivity (Wildman–Crippen MR) is 188 cm³/mol. The number of pyridine rings is 1. The molecule has 0 bridgehead atoms. The molecule has 5 rings (SSSR count). The lowest BCUT2D eigenvalue weighted by molar-refractivity contribution is 0.590. The van der Waals surface area contributed by atoms with Crippen molar-refractivity contribution < 1.29 is 0 Å². The summed E-state index contributed by atoms with van der Waals surface area (Å²) in [6, 6.07) is 38.2.